The van der Waals surface area contributed by atoms with Crippen molar-refractivity contribution in [3.05, 3.63) is 6.15 Å². The number of aliphatic carboxylic acids is 1. The number of carboxylic acids is 1. The van der Waals surface area contributed by atoms with Gasteiger partial charge in [0, 0.05) is 33.1 Å². The molecule has 0 aliphatic carbocycles. The molecule has 0 unspecified atom stereocenters. The van der Waals surface area contributed by atoms with E-state index in [0.717, 1.165) is 6.92 Å². The van der Waals surface area contributed by atoms with Crippen LogP contribution in [0.1, 0.15) is 6.92 Å². The Morgan fingerprint density at radius 3 is 1.67 bits per heavy atom. The largest absolute Gasteiger partial charge is 0.693 e. The van der Waals surface area contributed by atoms with E-state index < -0.39 is 5.97 Å². The van der Waals surface area contributed by atoms with Crippen molar-refractivity contribution in [2.45, 2.75) is 6.92 Å². The minimum absolute atomic E-state index is 0. The van der Waals surface area contributed by atoms with Crippen LogP contribution in [-0.2, 0) is 31.0 Å². The molecular weight excluding hydrogens is 161 g/mol. The molecule has 3 N–H and O–H groups in total. The topological polar surface area (TPSA) is 70.8 Å². The average molecular weight is 167 g/mol. The molecule has 4 heteroatoms. The van der Waals surface area contributed by atoms with Crippen molar-refractivity contribution < 1.29 is 36.1 Å². The Morgan fingerprint density at radius 2 is 1.67 bits per heavy atom. The molecule has 36 valence electrons. The van der Waals surface area contributed by atoms with Gasteiger partial charge >= 0.3 is 0 Å². The normalized spacial score (nSPS) is 4.17. The van der Waals surface area contributed by atoms with E-state index >= 15 is 0 Å². The van der Waals surface area contributed by atoms with Crippen LogP contribution in [0.5, 0.6) is 0 Å². The summed E-state index contributed by atoms with van der Waals surface area (Å²) in [5.74, 6) is -0.833. The van der Waals surface area contributed by atoms with Gasteiger partial charge in [-0.2, -0.15) is 0 Å². The van der Waals surface area contributed by atoms with Crippen LogP contribution in [0.4, 0.5) is 0 Å². The van der Waals surface area contributed by atoms with Crippen LogP contribution in [-0.4, -0.2) is 11.1 Å². The molecule has 0 amide bonds. The first-order chi connectivity index (χ1) is 1.73. The molecule has 0 heterocycles. The molecule has 0 spiro atoms. The number of hydrogen-bond donors (Lipinski definition) is 1. The van der Waals surface area contributed by atoms with E-state index in [9.17, 15) is 0 Å². The van der Waals surface area contributed by atoms with E-state index in [2.05, 4.69) is 0 Å². The van der Waals surface area contributed by atoms with Gasteiger partial charge in [0.1, 0.15) is 0 Å². The van der Waals surface area contributed by atoms with Gasteiger partial charge < -0.3 is 11.3 Å². The Balaban J connectivity index is -0.0000000450. The van der Waals surface area contributed by atoms with Crippen molar-refractivity contribution in [2.75, 3.05) is 0 Å². The maximum atomic E-state index is 9.00. The van der Waals surface area contributed by atoms with Crippen molar-refractivity contribution >= 4 is 5.97 Å². The van der Waals surface area contributed by atoms with Gasteiger partial charge in [-0.05, 0) is 0 Å². The smallest absolute Gasteiger partial charge is 0.300 e. The Kier molecular flexibility index (Phi) is 24.4. The van der Waals surface area contributed by atoms with E-state index in [0.29, 0.717) is 0 Å². The molecule has 0 bridgehead atoms. The van der Waals surface area contributed by atoms with Crippen LogP contribution in [0.15, 0.2) is 0 Å². The first kappa shape index (κ1) is 16.2. The third-order valence-electron chi connectivity index (χ3n) is 0. The predicted octanol–water partition coefficient (Wildman–Crippen LogP) is 0.805. The van der Waals surface area contributed by atoms with Crippen molar-refractivity contribution in [1.29, 1.82) is 0 Å². The third-order valence-corrected chi connectivity index (χ3v) is 0. The van der Waals surface area contributed by atoms with Crippen LogP contribution in [0.3, 0.4) is 0 Å². The Bertz CT molecular complexity index is 34.5. The summed E-state index contributed by atoms with van der Waals surface area (Å²) in [6.07, 6.45) is 0. The molecule has 0 saturated heterocycles. The first-order valence-corrected chi connectivity index (χ1v) is 0.928. The van der Waals surface area contributed by atoms with Gasteiger partial charge in [0.2, 0.25) is 0 Å². The molecule has 0 saturated carbocycles. The Hall–Kier alpha value is 0.313. The molecule has 0 aliphatic rings. The second kappa shape index (κ2) is 9.00. The SMILES string of the molecule is CC(=O)O.[NH2-].[Zr]. The van der Waals surface area contributed by atoms with Gasteiger partial charge in [-0.15, -0.1) is 0 Å². The molecule has 3 nitrogen and oxygen atoms in total. The second-order valence-electron chi connectivity index (χ2n) is 0.519. The fourth-order valence-electron chi connectivity index (χ4n) is 0. The molecule has 0 rings (SSSR count). The van der Waals surface area contributed by atoms with Gasteiger partial charge in [-0.3, -0.25) is 4.79 Å². The minimum atomic E-state index is -0.833. The fourth-order valence-corrected chi connectivity index (χ4v) is 0. The summed E-state index contributed by atoms with van der Waals surface area (Å²) in [6.45, 7) is 1.08. The summed E-state index contributed by atoms with van der Waals surface area (Å²) in [4.78, 5) is 9.00. The van der Waals surface area contributed by atoms with Crippen molar-refractivity contribution in [3.8, 4) is 0 Å². The predicted molar refractivity (Wildman–Crippen MR) is 18.6 cm³/mol. The van der Waals surface area contributed by atoms with Crippen LogP contribution in [0.25, 0.3) is 6.15 Å². The van der Waals surface area contributed by atoms with E-state index in [1.54, 1.807) is 0 Å². The quantitative estimate of drug-likeness (QED) is 0.580. The summed E-state index contributed by atoms with van der Waals surface area (Å²) in [6, 6.07) is 0. The third kappa shape index (κ3) is 483. The van der Waals surface area contributed by atoms with Crippen LogP contribution in [0, 0.1) is 0 Å². The van der Waals surface area contributed by atoms with Crippen LogP contribution < -0.4 is 0 Å². The molecule has 0 fully saturated rings. The minimum Gasteiger partial charge on any atom is -0.693 e. The van der Waals surface area contributed by atoms with Gasteiger partial charge in [0.05, 0.1) is 0 Å². The number of rotatable bonds is 0. The Labute approximate surface area is 55.4 Å². The zero-order valence-corrected chi connectivity index (χ0v) is 5.89. The molecule has 0 aliphatic heterocycles. The molecule has 6 heavy (non-hydrogen) atoms. The van der Waals surface area contributed by atoms with Crippen molar-refractivity contribution in [2.24, 2.45) is 0 Å². The van der Waals surface area contributed by atoms with Crippen LogP contribution >= 0.6 is 0 Å². The fraction of sp³-hybridized carbons (Fsp3) is 0.500. The van der Waals surface area contributed by atoms with Gasteiger partial charge in [0.15, 0.2) is 0 Å². The second-order valence-corrected chi connectivity index (χ2v) is 0.519. The van der Waals surface area contributed by atoms with E-state index in [1.807, 2.05) is 0 Å². The Morgan fingerprint density at radius 1 is 1.67 bits per heavy atom. The zero-order valence-electron chi connectivity index (χ0n) is 3.43. The summed E-state index contributed by atoms with van der Waals surface area (Å²) >= 11 is 0. The van der Waals surface area contributed by atoms with Gasteiger partial charge in [-0.25, -0.2) is 0 Å². The van der Waals surface area contributed by atoms with E-state index in [4.69, 9.17) is 9.90 Å². The summed E-state index contributed by atoms with van der Waals surface area (Å²) < 4.78 is 0. The standard InChI is InChI=1S/C2H4O2.H2N.Zr/c1-2(3)4;;/h1H3,(H,3,4);1H2;/q;-1;. The summed E-state index contributed by atoms with van der Waals surface area (Å²) in [7, 11) is 0. The summed E-state index contributed by atoms with van der Waals surface area (Å²) in [5.41, 5.74) is 0. The van der Waals surface area contributed by atoms with E-state index in [1.165, 1.54) is 0 Å². The van der Waals surface area contributed by atoms with Gasteiger partial charge in [0.25, 0.3) is 5.97 Å². The monoisotopic (exact) mass is 166 g/mol. The van der Waals surface area contributed by atoms with Crippen molar-refractivity contribution in [1.82, 2.24) is 0 Å². The first-order valence-electron chi connectivity index (χ1n) is 0.928. The zero-order chi connectivity index (χ0) is 3.58. The van der Waals surface area contributed by atoms with Gasteiger partial charge in [-0.1, -0.05) is 0 Å². The molecule has 0 aromatic heterocycles. The average Bonchev–Trinajstić information content (AvgIpc) is 0.811. The van der Waals surface area contributed by atoms with Crippen molar-refractivity contribution in [3.63, 3.8) is 0 Å². The number of nitrogens with two attached hydrogens (primary N) is 1. The maximum Gasteiger partial charge on any atom is 0.300 e. The summed E-state index contributed by atoms with van der Waals surface area (Å²) in [5, 5.41) is 7.42. The molecular formula is C2H6NO2Zr-. The number of carboxylic acid groups (broad SMARTS) is 1. The molecule has 0 radical (unpaired) electrons. The van der Waals surface area contributed by atoms with Crippen LogP contribution in [0.2, 0.25) is 0 Å². The number of hydrogen-bond acceptors (Lipinski definition) is 1. The maximum absolute atomic E-state index is 9.00. The number of carbonyl (C=O) groups is 1. The molecule has 0 aromatic carbocycles. The van der Waals surface area contributed by atoms with E-state index in [-0.39, 0.29) is 32.4 Å². The molecule has 0 aromatic rings. The molecule has 0 atom stereocenters.